The molecule has 0 saturated heterocycles. The van der Waals surface area contributed by atoms with Gasteiger partial charge in [0, 0.05) is 5.57 Å². The fourth-order valence-corrected chi connectivity index (χ4v) is 1.84. The zero-order valence-corrected chi connectivity index (χ0v) is 9.08. The van der Waals surface area contributed by atoms with Crippen LogP contribution in [0, 0.1) is 5.82 Å². The second-order valence-electron chi connectivity index (χ2n) is 3.45. The molecule has 1 aliphatic rings. The van der Waals surface area contributed by atoms with E-state index in [0.29, 0.717) is 0 Å². The van der Waals surface area contributed by atoms with Gasteiger partial charge in [0.1, 0.15) is 5.82 Å². The molecule has 1 aromatic rings. The third-order valence-corrected chi connectivity index (χ3v) is 2.78. The molecule has 1 heterocycles. The smallest absolute Gasteiger partial charge is 0.374 e. The largest absolute Gasteiger partial charge is 0.502 e. The van der Waals surface area contributed by atoms with Gasteiger partial charge in [-0.15, -0.1) is 0 Å². The van der Waals surface area contributed by atoms with E-state index in [-0.39, 0.29) is 16.2 Å². The van der Waals surface area contributed by atoms with Crippen molar-refractivity contribution in [3.05, 3.63) is 45.9 Å². The summed E-state index contributed by atoms with van der Waals surface area (Å²) in [5, 5.41) is 9.48. The zero-order valence-electron chi connectivity index (χ0n) is 8.33. The molecule has 1 aliphatic heterocycles. The maximum Gasteiger partial charge on any atom is 0.374 e. The number of carbonyl (C=O) groups excluding carboxylic acids is 1. The van der Waals surface area contributed by atoms with Crippen molar-refractivity contribution >= 4 is 17.6 Å². The third kappa shape index (κ3) is 1.55. The highest BCUT2D eigenvalue weighted by atomic mass is 35.5. The first-order valence-electron chi connectivity index (χ1n) is 4.57. The van der Waals surface area contributed by atoms with Crippen LogP contribution in [0.1, 0.15) is 18.6 Å². The maximum absolute atomic E-state index is 13.5. The van der Waals surface area contributed by atoms with Gasteiger partial charge >= 0.3 is 5.97 Å². The molecule has 0 amide bonds. The summed E-state index contributed by atoms with van der Waals surface area (Å²) in [6.07, 6.45) is -0.943. The van der Waals surface area contributed by atoms with E-state index in [1.807, 2.05) is 0 Å². The molecule has 0 spiro atoms. The molecule has 0 aromatic heterocycles. The van der Waals surface area contributed by atoms with Crippen LogP contribution in [-0.2, 0) is 9.53 Å². The van der Waals surface area contributed by atoms with Gasteiger partial charge in [0.05, 0.1) is 10.6 Å². The molecule has 0 unspecified atom stereocenters. The van der Waals surface area contributed by atoms with E-state index >= 15 is 0 Å². The lowest BCUT2D eigenvalue weighted by Gasteiger charge is -2.13. The van der Waals surface area contributed by atoms with E-state index in [1.54, 1.807) is 0 Å². The van der Waals surface area contributed by atoms with Crippen LogP contribution in [0.4, 0.5) is 4.39 Å². The number of esters is 1. The lowest BCUT2D eigenvalue weighted by molar-refractivity contribution is -0.142. The molecule has 0 saturated carbocycles. The summed E-state index contributed by atoms with van der Waals surface area (Å²) in [7, 11) is 0. The van der Waals surface area contributed by atoms with E-state index in [2.05, 4.69) is 0 Å². The van der Waals surface area contributed by atoms with Gasteiger partial charge in [-0.1, -0.05) is 17.7 Å². The maximum atomic E-state index is 13.5. The van der Waals surface area contributed by atoms with Gasteiger partial charge < -0.3 is 9.84 Å². The number of carbonyl (C=O) groups is 1. The topological polar surface area (TPSA) is 46.5 Å². The van der Waals surface area contributed by atoms with Crippen molar-refractivity contribution in [1.29, 1.82) is 0 Å². The lowest BCUT2D eigenvalue weighted by atomic mass is 10.0. The van der Waals surface area contributed by atoms with E-state index in [4.69, 9.17) is 16.3 Å². The summed E-state index contributed by atoms with van der Waals surface area (Å²) < 4.78 is 18.4. The van der Waals surface area contributed by atoms with Crippen molar-refractivity contribution in [3.8, 4) is 0 Å². The highest BCUT2D eigenvalue weighted by Gasteiger charge is 2.35. The van der Waals surface area contributed by atoms with Crippen LogP contribution in [0.5, 0.6) is 0 Å². The number of aliphatic hydroxyl groups excluding tert-OH is 1. The van der Waals surface area contributed by atoms with Crippen molar-refractivity contribution in [2.75, 3.05) is 0 Å². The monoisotopic (exact) mass is 242 g/mol. The van der Waals surface area contributed by atoms with Crippen LogP contribution in [0.2, 0.25) is 5.02 Å². The summed E-state index contributed by atoms with van der Waals surface area (Å²) >= 11 is 5.83. The van der Waals surface area contributed by atoms with Crippen molar-refractivity contribution in [2.45, 2.75) is 13.0 Å². The quantitative estimate of drug-likeness (QED) is 0.771. The minimum atomic E-state index is -0.943. The molecule has 1 N–H and O–H groups in total. The number of cyclic esters (lactones) is 1. The number of ether oxygens (including phenoxy) is 1. The van der Waals surface area contributed by atoms with E-state index in [1.165, 1.54) is 25.1 Å². The minimum absolute atomic E-state index is 0.0686. The van der Waals surface area contributed by atoms with Crippen LogP contribution in [0.25, 0.3) is 0 Å². The van der Waals surface area contributed by atoms with Crippen LogP contribution < -0.4 is 0 Å². The predicted molar refractivity (Wildman–Crippen MR) is 55.6 cm³/mol. The molecule has 0 bridgehead atoms. The Bertz CT molecular complexity index is 476. The summed E-state index contributed by atoms with van der Waals surface area (Å²) in [6.45, 7) is 1.49. The van der Waals surface area contributed by atoms with Crippen LogP contribution in [-0.4, -0.2) is 11.1 Å². The Kier molecular flexibility index (Phi) is 2.59. The number of hydrogen-bond acceptors (Lipinski definition) is 3. The number of halogens is 2. The molecule has 16 heavy (non-hydrogen) atoms. The first-order valence-corrected chi connectivity index (χ1v) is 4.94. The molecular formula is C11H8ClFO3. The highest BCUT2D eigenvalue weighted by molar-refractivity contribution is 6.31. The van der Waals surface area contributed by atoms with Gasteiger partial charge in [-0.05, 0) is 19.1 Å². The third-order valence-electron chi connectivity index (χ3n) is 2.45. The predicted octanol–water partition coefficient (Wildman–Crippen LogP) is 2.91. The fraction of sp³-hybridized carbons (Fsp3) is 0.182. The molecule has 1 atom stereocenters. The van der Waals surface area contributed by atoms with Gasteiger partial charge in [-0.3, -0.25) is 0 Å². The number of hydrogen-bond donors (Lipinski definition) is 1. The Balaban J connectivity index is 2.52. The van der Waals surface area contributed by atoms with Crippen molar-refractivity contribution < 1.29 is 19.0 Å². The highest BCUT2D eigenvalue weighted by Crippen LogP contribution is 2.38. The molecule has 84 valence electrons. The van der Waals surface area contributed by atoms with E-state index in [9.17, 15) is 14.3 Å². The number of benzene rings is 1. The van der Waals surface area contributed by atoms with Crippen LogP contribution >= 0.6 is 11.6 Å². The Morgan fingerprint density at radius 1 is 1.50 bits per heavy atom. The number of aliphatic hydroxyl groups is 1. The molecule has 0 fully saturated rings. The molecule has 0 aliphatic carbocycles. The van der Waals surface area contributed by atoms with E-state index in [0.717, 1.165) is 0 Å². The van der Waals surface area contributed by atoms with Crippen molar-refractivity contribution in [3.63, 3.8) is 0 Å². The normalized spacial score (nSPS) is 20.2. The number of rotatable bonds is 1. The Morgan fingerprint density at radius 2 is 2.19 bits per heavy atom. The van der Waals surface area contributed by atoms with Gasteiger partial charge in [-0.25, -0.2) is 9.18 Å². The lowest BCUT2D eigenvalue weighted by Crippen LogP contribution is -2.05. The average Bonchev–Trinajstić information content (AvgIpc) is 2.47. The molecule has 3 nitrogen and oxygen atoms in total. The molecule has 2 rings (SSSR count). The minimum Gasteiger partial charge on any atom is -0.502 e. The SMILES string of the molecule is CC1=C(O)C(=O)O[C@H]1c1c(F)cccc1Cl. The Hall–Kier alpha value is -1.55. The fourth-order valence-electron chi connectivity index (χ4n) is 1.57. The molecule has 1 aromatic carbocycles. The van der Waals surface area contributed by atoms with Crippen LogP contribution in [0.15, 0.2) is 29.5 Å². The first kappa shape index (κ1) is 11.0. The first-order chi connectivity index (χ1) is 7.52. The van der Waals surface area contributed by atoms with Gasteiger partial charge in [0.2, 0.25) is 5.76 Å². The molecule has 0 radical (unpaired) electrons. The standard InChI is InChI=1S/C11H8ClFO3/c1-5-9(14)11(15)16-10(5)8-6(12)3-2-4-7(8)13/h2-4,10,14H,1H3/t10-/m1/s1. The van der Waals surface area contributed by atoms with Crippen LogP contribution in [0.3, 0.4) is 0 Å². The van der Waals surface area contributed by atoms with Gasteiger partial charge in [-0.2, -0.15) is 0 Å². The second kappa shape index (κ2) is 3.79. The Labute approximate surface area is 96.1 Å². The molecule has 5 heteroatoms. The molecular weight excluding hydrogens is 235 g/mol. The summed E-state index contributed by atoms with van der Waals surface area (Å²) in [5.41, 5.74) is 0.330. The second-order valence-corrected chi connectivity index (χ2v) is 3.86. The van der Waals surface area contributed by atoms with Crippen molar-refractivity contribution in [1.82, 2.24) is 0 Å². The Morgan fingerprint density at radius 3 is 2.69 bits per heavy atom. The zero-order chi connectivity index (χ0) is 11.9. The summed E-state index contributed by atoms with van der Waals surface area (Å²) in [6, 6.07) is 4.17. The van der Waals surface area contributed by atoms with Crippen molar-refractivity contribution in [2.24, 2.45) is 0 Å². The average molecular weight is 243 g/mol. The van der Waals surface area contributed by atoms with Gasteiger partial charge in [0.15, 0.2) is 6.10 Å². The van der Waals surface area contributed by atoms with Gasteiger partial charge in [0.25, 0.3) is 0 Å². The summed E-state index contributed by atoms with van der Waals surface area (Å²) in [5.74, 6) is -1.91. The summed E-state index contributed by atoms with van der Waals surface area (Å²) in [4.78, 5) is 11.1. The van der Waals surface area contributed by atoms with E-state index < -0.39 is 23.6 Å².